The van der Waals surface area contributed by atoms with Crippen molar-refractivity contribution in [2.75, 3.05) is 0 Å². The summed E-state index contributed by atoms with van der Waals surface area (Å²) in [6, 6.07) is 30.2. The third-order valence-corrected chi connectivity index (χ3v) is 11.1. The van der Waals surface area contributed by atoms with E-state index in [2.05, 4.69) is 36.4 Å². The van der Waals surface area contributed by atoms with Crippen LogP contribution in [-0.2, 0) is 4.79 Å². The summed E-state index contributed by atoms with van der Waals surface area (Å²) in [5.74, 6) is -1.50. The van der Waals surface area contributed by atoms with Gasteiger partial charge in [-0.2, -0.15) is 0 Å². The fourth-order valence-corrected chi connectivity index (χ4v) is 8.46. The average molecular weight is 367 g/mol. The second-order valence-corrected chi connectivity index (χ2v) is 12.1. The first-order valence-corrected chi connectivity index (χ1v) is 11.4. The Labute approximate surface area is 153 Å². The van der Waals surface area contributed by atoms with E-state index in [0.717, 1.165) is 15.9 Å². The Bertz CT molecular complexity index is 790. The maximum atomic E-state index is 11.8. The summed E-state index contributed by atoms with van der Waals surface area (Å²) in [7, 11) is 0. The van der Waals surface area contributed by atoms with Gasteiger partial charge in [0.1, 0.15) is 0 Å². The van der Waals surface area contributed by atoms with Crippen LogP contribution >= 0.6 is 17.2 Å². The Balaban J connectivity index is 2.47. The molecule has 0 aromatic heterocycles. The van der Waals surface area contributed by atoms with E-state index in [9.17, 15) is 4.79 Å². The zero-order valence-corrected chi connectivity index (χ0v) is 15.7. The van der Waals surface area contributed by atoms with Crippen LogP contribution in [-0.4, -0.2) is 5.78 Å². The molecule has 0 aliphatic carbocycles. The van der Waals surface area contributed by atoms with Crippen molar-refractivity contribution in [3.63, 3.8) is 0 Å². The molecular weight excluding hydrogens is 347 g/mol. The molecule has 0 atom stereocenters. The van der Waals surface area contributed by atoms with Crippen LogP contribution in [0.25, 0.3) is 0 Å². The van der Waals surface area contributed by atoms with Crippen molar-refractivity contribution in [1.82, 2.24) is 0 Å². The van der Waals surface area contributed by atoms with Gasteiger partial charge in [0.05, 0.1) is 0 Å². The van der Waals surface area contributed by atoms with Gasteiger partial charge in [-0.1, -0.05) is 0 Å². The van der Waals surface area contributed by atoms with Crippen LogP contribution in [0.2, 0.25) is 0 Å². The van der Waals surface area contributed by atoms with Gasteiger partial charge < -0.3 is 0 Å². The predicted molar refractivity (Wildman–Crippen MR) is 111 cm³/mol. The summed E-state index contributed by atoms with van der Waals surface area (Å²) in [6.07, 6.45) is 1.61. The summed E-state index contributed by atoms with van der Waals surface area (Å²) >= 11 is 7.71. The number of ketones is 1. The van der Waals surface area contributed by atoms with Gasteiger partial charge in [-0.05, 0) is 0 Å². The van der Waals surface area contributed by atoms with Crippen LogP contribution in [0.15, 0.2) is 103 Å². The monoisotopic (exact) mass is 366 g/mol. The number of halogens is 1. The van der Waals surface area contributed by atoms with E-state index in [-0.39, 0.29) is 5.78 Å². The topological polar surface area (TPSA) is 17.1 Å². The number of benzene rings is 3. The molecule has 3 aromatic carbocycles. The van der Waals surface area contributed by atoms with Gasteiger partial charge in [0.15, 0.2) is 0 Å². The van der Waals surface area contributed by atoms with Crippen LogP contribution in [0.1, 0.15) is 6.92 Å². The zero-order valence-electron chi connectivity index (χ0n) is 14.0. The molecule has 0 N–H and O–H groups in total. The van der Waals surface area contributed by atoms with E-state index in [1.54, 1.807) is 13.0 Å². The van der Waals surface area contributed by atoms with Crippen molar-refractivity contribution in [3.8, 4) is 0 Å². The van der Waals surface area contributed by atoms with E-state index < -0.39 is 5.96 Å². The van der Waals surface area contributed by atoms with Crippen LogP contribution < -0.4 is 15.9 Å². The molecule has 0 bridgehead atoms. The number of hydrogen-bond donors (Lipinski definition) is 0. The molecule has 3 rings (SSSR count). The predicted octanol–water partition coefficient (Wildman–Crippen LogP) is 4.77. The second-order valence-electron chi connectivity index (χ2n) is 6.01. The van der Waals surface area contributed by atoms with Crippen LogP contribution in [0.4, 0.5) is 0 Å². The molecule has 1 nitrogen and oxygen atoms in total. The third-order valence-electron chi connectivity index (χ3n) is 4.37. The molecule has 0 heterocycles. The molecule has 0 fully saturated rings. The van der Waals surface area contributed by atoms with E-state index >= 15 is 0 Å². The molecule has 3 heteroatoms. The Morgan fingerprint density at radius 2 is 1.04 bits per heavy atom. The minimum atomic E-state index is -3.43. The third kappa shape index (κ3) is 3.06. The quantitative estimate of drug-likeness (QED) is 0.469. The SMILES string of the molecule is CC(=O)/C=C/P(Cl)(c1ccccc1)(c1ccccc1)c1ccccc1. The van der Waals surface area contributed by atoms with Gasteiger partial charge in [0, 0.05) is 0 Å². The van der Waals surface area contributed by atoms with Crippen LogP contribution in [0.5, 0.6) is 0 Å². The Morgan fingerprint density at radius 1 is 0.720 bits per heavy atom. The fraction of sp³-hybridized carbons (Fsp3) is 0.0455. The summed E-state index contributed by atoms with van der Waals surface area (Å²) in [4.78, 5) is 11.8. The van der Waals surface area contributed by atoms with Crippen molar-refractivity contribution in [3.05, 3.63) is 103 Å². The molecule has 126 valence electrons. The molecule has 0 amide bonds. The second kappa shape index (κ2) is 6.96. The Morgan fingerprint density at radius 3 is 1.32 bits per heavy atom. The van der Waals surface area contributed by atoms with Crippen molar-refractivity contribution in [1.29, 1.82) is 0 Å². The molecule has 0 radical (unpaired) electrons. The van der Waals surface area contributed by atoms with Gasteiger partial charge in [-0.15, -0.1) is 0 Å². The summed E-state index contributed by atoms with van der Waals surface area (Å²) in [5.41, 5.74) is 0. The minimum absolute atomic E-state index is 0.0163. The normalized spacial score (nSPS) is 13.3. The first-order valence-electron chi connectivity index (χ1n) is 8.16. The number of hydrogen-bond acceptors (Lipinski definition) is 1. The van der Waals surface area contributed by atoms with Crippen LogP contribution in [0, 0.1) is 0 Å². The van der Waals surface area contributed by atoms with Crippen molar-refractivity contribution >= 4 is 38.9 Å². The number of carbonyl (C=O) groups excluding carboxylic acids is 1. The molecule has 0 spiro atoms. The maximum absolute atomic E-state index is 11.8. The summed E-state index contributed by atoms with van der Waals surface area (Å²) in [5, 5.41) is 3.06. The standard InChI is InChI=1S/C22H20ClOP/c1-19(24)17-18-25(23,20-11-5-2-6-12-20,21-13-7-3-8-14-21)22-15-9-4-10-16-22/h2-18H,1H3/b18-17+. The van der Waals surface area contributed by atoms with Gasteiger partial charge in [0.2, 0.25) is 0 Å². The summed E-state index contributed by atoms with van der Waals surface area (Å²) < 4.78 is 0. The zero-order chi connectivity index (χ0) is 17.8. The number of allylic oxidation sites excluding steroid dienone is 1. The Kier molecular flexibility index (Phi) is 4.90. The molecule has 0 aliphatic rings. The molecule has 3 aromatic rings. The first kappa shape index (κ1) is 17.6. The van der Waals surface area contributed by atoms with E-state index in [4.69, 9.17) is 11.2 Å². The average Bonchev–Trinajstić information content (AvgIpc) is 2.68. The van der Waals surface area contributed by atoms with Crippen molar-refractivity contribution < 1.29 is 4.79 Å². The van der Waals surface area contributed by atoms with Gasteiger partial charge in [-0.25, -0.2) is 0 Å². The molecule has 0 saturated carbocycles. The molecular formula is C22H20ClOP. The van der Waals surface area contributed by atoms with E-state index in [0.29, 0.717) is 0 Å². The van der Waals surface area contributed by atoms with Gasteiger partial charge in [0.25, 0.3) is 0 Å². The van der Waals surface area contributed by atoms with Crippen molar-refractivity contribution in [2.24, 2.45) is 0 Å². The number of rotatable bonds is 5. The molecule has 25 heavy (non-hydrogen) atoms. The van der Waals surface area contributed by atoms with Gasteiger partial charge >= 0.3 is 154 Å². The first-order chi connectivity index (χ1) is 12.1. The van der Waals surface area contributed by atoms with Crippen LogP contribution in [0.3, 0.4) is 0 Å². The molecule has 0 aliphatic heterocycles. The van der Waals surface area contributed by atoms with E-state index in [1.807, 2.05) is 60.4 Å². The summed E-state index contributed by atoms with van der Waals surface area (Å²) in [6.45, 7) is 1.55. The Hall–Kier alpha value is -2.21. The molecule has 0 unspecified atom stereocenters. The number of carbonyl (C=O) groups is 1. The van der Waals surface area contributed by atoms with Gasteiger partial charge in [-0.3, -0.25) is 0 Å². The fourth-order valence-electron chi connectivity index (χ4n) is 3.11. The van der Waals surface area contributed by atoms with Crippen molar-refractivity contribution in [2.45, 2.75) is 6.92 Å². The molecule has 0 saturated heterocycles. The van der Waals surface area contributed by atoms with E-state index in [1.165, 1.54) is 0 Å².